The van der Waals surface area contributed by atoms with Crippen molar-refractivity contribution in [2.45, 2.75) is 19.2 Å². The highest BCUT2D eigenvalue weighted by Crippen LogP contribution is 2.38. The van der Waals surface area contributed by atoms with E-state index >= 15 is 0 Å². The van der Waals surface area contributed by atoms with Gasteiger partial charge in [-0.1, -0.05) is 0 Å². The molecule has 0 saturated carbocycles. The SMILES string of the molecule is Cc1cc(C)c(C(Cl)c2csc(Br)c2)s1. The summed E-state index contributed by atoms with van der Waals surface area (Å²) >= 11 is 13.4. The van der Waals surface area contributed by atoms with Gasteiger partial charge in [-0.25, -0.2) is 0 Å². The third kappa shape index (κ3) is 2.47. The van der Waals surface area contributed by atoms with Crippen LogP contribution in [0.15, 0.2) is 21.3 Å². The predicted molar refractivity (Wildman–Crippen MR) is 73.5 cm³/mol. The molecular formula is C11H10BrClS2. The standard InChI is InChI=1S/C11H10BrClS2/c1-6-3-7(2)15-11(6)10(13)8-4-9(12)14-5-8/h3-5,10H,1-2H3. The summed E-state index contributed by atoms with van der Waals surface area (Å²) in [5.74, 6) is 0. The van der Waals surface area contributed by atoms with Gasteiger partial charge in [0, 0.05) is 9.75 Å². The first-order valence-corrected chi connectivity index (χ1v) is 7.45. The zero-order chi connectivity index (χ0) is 11.0. The van der Waals surface area contributed by atoms with E-state index in [9.17, 15) is 0 Å². The van der Waals surface area contributed by atoms with E-state index in [0.717, 1.165) is 3.79 Å². The van der Waals surface area contributed by atoms with E-state index in [1.165, 1.54) is 20.9 Å². The molecule has 2 aromatic rings. The molecule has 1 atom stereocenters. The average Bonchev–Trinajstić information content (AvgIpc) is 2.71. The van der Waals surface area contributed by atoms with Crippen LogP contribution in [0.1, 0.15) is 26.3 Å². The first kappa shape index (κ1) is 11.6. The molecule has 2 heterocycles. The van der Waals surface area contributed by atoms with Crippen LogP contribution in [0.2, 0.25) is 0 Å². The van der Waals surface area contributed by atoms with E-state index in [4.69, 9.17) is 11.6 Å². The summed E-state index contributed by atoms with van der Waals surface area (Å²) in [6.07, 6.45) is 0. The van der Waals surface area contributed by atoms with Crippen LogP contribution >= 0.6 is 50.2 Å². The van der Waals surface area contributed by atoms with Gasteiger partial charge in [-0.3, -0.25) is 0 Å². The van der Waals surface area contributed by atoms with Crippen LogP contribution in [-0.2, 0) is 0 Å². The van der Waals surface area contributed by atoms with E-state index in [-0.39, 0.29) is 5.38 Å². The Balaban J connectivity index is 2.35. The van der Waals surface area contributed by atoms with Crippen molar-refractivity contribution in [1.29, 1.82) is 0 Å². The summed E-state index contributed by atoms with van der Waals surface area (Å²) in [6.45, 7) is 4.24. The Hall–Kier alpha value is 0.170. The zero-order valence-corrected chi connectivity index (χ0v) is 12.4. The summed E-state index contributed by atoms with van der Waals surface area (Å²) in [7, 11) is 0. The van der Waals surface area contributed by atoms with E-state index in [0.29, 0.717) is 0 Å². The summed E-state index contributed by atoms with van der Waals surface area (Å²) in [5.41, 5.74) is 2.47. The number of hydrogen-bond donors (Lipinski definition) is 0. The number of alkyl halides is 1. The molecule has 2 aromatic heterocycles. The van der Waals surface area contributed by atoms with E-state index in [1.54, 1.807) is 22.7 Å². The second-order valence-corrected chi connectivity index (χ2v) is 7.47. The van der Waals surface area contributed by atoms with Gasteiger partial charge in [-0.2, -0.15) is 0 Å². The highest BCUT2D eigenvalue weighted by Gasteiger charge is 2.16. The maximum atomic E-state index is 6.46. The van der Waals surface area contributed by atoms with E-state index < -0.39 is 0 Å². The van der Waals surface area contributed by atoms with Crippen LogP contribution in [-0.4, -0.2) is 0 Å². The van der Waals surface area contributed by atoms with Crippen molar-refractivity contribution >= 4 is 50.2 Å². The zero-order valence-electron chi connectivity index (χ0n) is 8.38. The van der Waals surface area contributed by atoms with Crippen LogP contribution in [0.5, 0.6) is 0 Å². The quantitative estimate of drug-likeness (QED) is 0.639. The highest BCUT2D eigenvalue weighted by atomic mass is 79.9. The first-order valence-electron chi connectivity index (χ1n) is 4.53. The van der Waals surface area contributed by atoms with Crippen molar-refractivity contribution in [2.75, 3.05) is 0 Å². The van der Waals surface area contributed by atoms with Crippen molar-refractivity contribution in [1.82, 2.24) is 0 Å². The number of rotatable bonds is 2. The van der Waals surface area contributed by atoms with Crippen LogP contribution in [0.4, 0.5) is 0 Å². The minimum absolute atomic E-state index is 0.00810. The summed E-state index contributed by atoms with van der Waals surface area (Å²) in [6, 6.07) is 4.29. The lowest BCUT2D eigenvalue weighted by Gasteiger charge is -2.05. The topological polar surface area (TPSA) is 0 Å². The Kier molecular flexibility index (Phi) is 3.56. The molecule has 0 amide bonds. The van der Waals surface area contributed by atoms with Gasteiger partial charge in [0.25, 0.3) is 0 Å². The fraction of sp³-hybridized carbons (Fsp3) is 0.273. The lowest BCUT2D eigenvalue weighted by atomic mass is 10.1. The molecule has 0 fully saturated rings. The second-order valence-electron chi connectivity index (χ2n) is 3.45. The van der Waals surface area contributed by atoms with Crippen LogP contribution in [0, 0.1) is 13.8 Å². The molecule has 4 heteroatoms. The lowest BCUT2D eigenvalue weighted by molar-refractivity contribution is 1.17. The Bertz CT molecular complexity index is 473. The molecule has 2 rings (SSSR count). The summed E-state index contributed by atoms with van der Waals surface area (Å²) in [5, 5.41) is 2.10. The first-order chi connectivity index (χ1) is 7.08. The molecule has 0 aliphatic rings. The molecule has 1 unspecified atom stereocenters. The molecule has 0 nitrogen and oxygen atoms in total. The Morgan fingerprint density at radius 2 is 2.07 bits per heavy atom. The number of aryl methyl sites for hydroxylation is 2. The smallest absolute Gasteiger partial charge is 0.0938 e. The Morgan fingerprint density at radius 3 is 2.53 bits per heavy atom. The van der Waals surface area contributed by atoms with Gasteiger partial charge in [0.15, 0.2) is 0 Å². The number of thiophene rings is 2. The molecule has 0 spiro atoms. The molecular weight excluding hydrogens is 312 g/mol. The van der Waals surface area contributed by atoms with Gasteiger partial charge < -0.3 is 0 Å². The van der Waals surface area contributed by atoms with Crippen LogP contribution < -0.4 is 0 Å². The summed E-state index contributed by atoms with van der Waals surface area (Å²) < 4.78 is 1.13. The van der Waals surface area contributed by atoms with Gasteiger partial charge in [0.05, 0.1) is 9.16 Å². The van der Waals surface area contributed by atoms with Gasteiger partial charge in [-0.05, 0) is 58.4 Å². The van der Waals surface area contributed by atoms with Crippen molar-refractivity contribution < 1.29 is 0 Å². The van der Waals surface area contributed by atoms with Crippen molar-refractivity contribution in [3.8, 4) is 0 Å². The fourth-order valence-electron chi connectivity index (χ4n) is 1.52. The molecule has 0 saturated heterocycles. The molecule has 0 bridgehead atoms. The lowest BCUT2D eigenvalue weighted by Crippen LogP contribution is -1.88. The van der Waals surface area contributed by atoms with E-state index in [1.807, 2.05) is 0 Å². The fourth-order valence-corrected chi connectivity index (χ4v) is 4.27. The third-order valence-electron chi connectivity index (χ3n) is 2.19. The Morgan fingerprint density at radius 1 is 1.33 bits per heavy atom. The minimum Gasteiger partial charge on any atom is -0.143 e. The average molecular weight is 322 g/mol. The minimum atomic E-state index is -0.00810. The number of halogens is 2. The van der Waals surface area contributed by atoms with Crippen molar-refractivity contribution in [2.24, 2.45) is 0 Å². The Labute approximate surface area is 111 Å². The summed E-state index contributed by atoms with van der Waals surface area (Å²) in [4.78, 5) is 2.59. The van der Waals surface area contributed by atoms with Gasteiger partial charge in [0.2, 0.25) is 0 Å². The largest absolute Gasteiger partial charge is 0.143 e. The predicted octanol–water partition coefficient (Wildman–Crippen LogP) is 5.52. The molecule has 15 heavy (non-hydrogen) atoms. The van der Waals surface area contributed by atoms with Crippen LogP contribution in [0.3, 0.4) is 0 Å². The van der Waals surface area contributed by atoms with Crippen molar-refractivity contribution in [3.63, 3.8) is 0 Å². The van der Waals surface area contributed by atoms with E-state index in [2.05, 4.69) is 47.3 Å². The molecule has 0 aliphatic heterocycles. The third-order valence-corrected chi connectivity index (χ3v) is 5.53. The molecule has 80 valence electrons. The van der Waals surface area contributed by atoms with Crippen LogP contribution in [0.25, 0.3) is 0 Å². The molecule has 0 N–H and O–H groups in total. The molecule has 0 aromatic carbocycles. The van der Waals surface area contributed by atoms with Crippen molar-refractivity contribution in [3.05, 3.63) is 42.2 Å². The van der Waals surface area contributed by atoms with Gasteiger partial charge >= 0.3 is 0 Å². The second kappa shape index (κ2) is 4.58. The molecule has 0 aliphatic carbocycles. The maximum absolute atomic E-state index is 6.46. The number of hydrogen-bond acceptors (Lipinski definition) is 2. The maximum Gasteiger partial charge on any atom is 0.0938 e. The van der Waals surface area contributed by atoms with Gasteiger partial charge in [-0.15, -0.1) is 34.3 Å². The monoisotopic (exact) mass is 320 g/mol. The van der Waals surface area contributed by atoms with Gasteiger partial charge in [0.1, 0.15) is 0 Å². The highest BCUT2D eigenvalue weighted by molar-refractivity contribution is 9.11. The molecule has 0 radical (unpaired) electrons. The normalized spacial score (nSPS) is 13.1.